The molecule has 0 saturated carbocycles. The van der Waals surface area contributed by atoms with Gasteiger partial charge in [0.05, 0.1) is 10.7 Å². The summed E-state index contributed by atoms with van der Waals surface area (Å²) in [6.45, 7) is 2.07. The summed E-state index contributed by atoms with van der Waals surface area (Å²) in [5.74, 6) is 0.0679. The number of aryl methyl sites for hydroxylation is 1. The fourth-order valence-corrected chi connectivity index (χ4v) is 2.81. The fourth-order valence-electron chi connectivity index (χ4n) is 2.32. The van der Waals surface area contributed by atoms with Crippen LogP contribution < -0.4 is 4.74 Å². The number of hydrogen-bond donors (Lipinski definition) is 1. The van der Waals surface area contributed by atoms with E-state index in [4.69, 9.17) is 27.9 Å². The monoisotopic (exact) mass is 360 g/mol. The number of nitrogens with zero attached hydrogens (tertiary/aromatic N) is 1. The van der Waals surface area contributed by atoms with Crippen LogP contribution in [0, 0.1) is 6.92 Å². The Morgan fingerprint density at radius 1 is 1.17 bits per heavy atom. The van der Waals surface area contributed by atoms with E-state index in [9.17, 15) is 4.79 Å². The number of H-pyrrole nitrogens is 1. The molecule has 0 aliphatic carbocycles. The van der Waals surface area contributed by atoms with Crippen molar-refractivity contribution in [2.24, 2.45) is 0 Å². The molecule has 1 heterocycles. The minimum atomic E-state index is -0.258. The van der Waals surface area contributed by atoms with Crippen LogP contribution in [0.15, 0.2) is 48.5 Å². The highest BCUT2D eigenvalue weighted by Gasteiger charge is 2.23. The molecule has 2 aromatic carbocycles. The number of carbonyl (C=O) groups excluding carboxylic acids is 1. The van der Waals surface area contributed by atoms with E-state index in [0.717, 1.165) is 5.56 Å². The molecule has 0 atom stereocenters. The summed E-state index contributed by atoms with van der Waals surface area (Å²) >= 11 is 12.0. The van der Waals surface area contributed by atoms with Crippen molar-refractivity contribution in [2.75, 3.05) is 0 Å². The average Bonchev–Trinajstić information content (AvgIpc) is 2.94. The molecule has 1 aromatic heterocycles. The van der Waals surface area contributed by atoms with Gasteiger partial charge in [-0.3, -0.25) is 4.79 Å². The minimum Gasteiger partial charge on any atom is -0.473 e. The van der Waals surface area contributed by atoms with E-state index in [0.29, 0.717) is 39.4 Å². The highest BCUT2D eigenvalue weighted by atomic mass is 35.5. The number of carbonyl (C=O) groups is 1. The molecule has 0 saturated heterocycles. The first-order valence-electron chi connectivity index (χ1n) is 7.27. The van der Waals surface area contributed by atoms with Crippen LogP contribution in [0.3, 0.4) is 0 Å². The van der Waals surface area contributed by atoms with Gasteiger partial charge in [-0.05, 0) is 30.7 Å². The molecular weight excluding hydrogens is 347 g/mol. The van der Waals surface area contributed by atoms with Gasteiger partial charge in [-0.2, -0.15) is 5.10 Å². The van der Waals surface area contributed by atoms with Crippen molar-refractivity contribution in [3.63, 3.8) is 0 Å². The first kappa shape index (κ1) is 16.6. The van der Waals surface area contributed by atoms with Gasteiger partial charge in [0.2, 0.25) is 11.7 Å². The molecule has 0 bridgehead atoms. The Labute approximate surface area is 149 Å². The van der Waals surface area contributed by atoms with E-state index in [1.54, 1.807) is 19.1 Å². The van der Waals surface area contributed by atoms with E-state index >= 15 is 0 Å². The summed E-state index contributed by atoms with van der Waals surface area (Å²) in [6.07, 6.45) is 0. The Kier molecular flexibility index (Phi) is 4.88. The molecule has 0 amide bonds. The molecule has 122 valence electrons. The molecule has 3 aromatic rings. The van der Waals surface area contributed by atoms with Crippen molar-refractivity contribution in [1.82, 2.24) is 10.2 Å². The largest absolute Gasteiger partial charge is 0.473 e. The van der Waals surface area contributed by atoms with Gasteiger partial charge in [-0.25, -0.2) is 5.10 Å². The lowest BCUT2D eigenvalue weighted by Gasteiger charge is -2.08. The predicted molar refractivity (Wildman–Crippen MR) is 94.0 cm³/mol. The lowest BCUT2D eigenvalue weighted by Crippen LogP contribution is -2.06. The summed E-state index contributed by atoms with van der Waals surface area (Å²) in [4.78, 5) is 12.8. The molecular formula is C18H14Cl2N2O2. The third-order valence-electron chi connectivity index (χ3n) is 3.54. The van der Waals surface area contributed by atoms with Gasteiger partial charge in [0.15, 0.2) is 0 Å². The van der Waals surface area contributed by atoms with Gasteiger partial charge in [0, 0.05) is 10.6 Å². The van der Waals surface area contributed by atoms with Gasteiger partial charge >= 0.3 is 0 Å². The van der Waals surface area contributed by atoms with E-state index < -0.39 is 0 Å². The molecule has 4 nitrogen and oxygen atoms in total. The summed E-state index contributed by atoms with van der Waals surface area (Å²) < 4.78 is 5.74. The van der Waals surface area contributed by atoms with Crippen LogP contribution in [0.5, 0.6) is 5.88 Å². The van der Waals surface area contributed by atoms with Crippen LogP contribution in [0.2, 0.25) is 10.0 Å². The third kappa shape index (κ3) is 3.45. The molecule has 24 heavy (non-hydrogen) atoms. The Morgan fingerprint density at radius 3 is 2.62 bits per heavy atom. The molecule has 0 aliphatic rings. The highest BCUT2D eigenvalue weighted by Crippen LogP contribution is 2.28. The van der Waals surface area contributed by atoms with E-state index in [-0.39, 0.29) is 5.78 Å². The van der Waals surface area contributed by atoms with Crippen molar-refractivity contribution >= 4 is 29.0 Å². The van der Waals surface area contributed by atoms with Crippen molar-refractivity contribution in [3.8, 4) is 5.88 Å². The standard InChI is InChI=1S/C18H14Cl2N2O2/c1-11-16(17(23)14-8-7-13(19)9-15(14)20)18(22-21-11)24-10-12-5-3-2-4-6-12/h2-9H,10H2,1H3,(H,21,22). The third-order valence-corrected chi connectivity index (χ3v) is 4.09. The highest BCUT2D eigenvalue weighted by molar-refractivity contribution is 6.37. The van der Waals surface area contributed by atoms with Gasteiger partial charge in [0.25, 0.3) is 0 Å². The van der Waals surface area contributed by atoms with Crippen LogP contribution in [-0.2, 0) is 6.61 Å². The number of aromatic nitrogens is 2. The average molecular weight is 361 g/mol. The first-order valence-corrected chi connectivity index (χ1v) is 8.03. The zero-order chi connectivity index (χ0) is 17.1. The molecule has 1 N–H and O–H groups in total. The molecule has 0 aliphatic heterocycles. The fraction of sp³-hybridized carbons (Fsp3) is 0.111. The van der Waals surface area contributed by atoms with Crippen molar-refractivity contribution in [1.29, 1.82) is 0 Å². The molecule has 3 rings (SSSR count). The summed E-state index contributed by atoms with van der Waals surface area (Å²) in [5.41, 5.74) is 2.27. The zero-order valence-electron chi connectivity index (χ0n) is 12.8. The number of halogens is 2. The van der Waals surface area contributed by atoms with Crippen LogP contribution in [0.4, 0.5) is 0 Å². The molecule has 0 radical (unpaired) electrons. The Balaban J connectivity index is 1.88. The second-order valence-corrected chi connectivity index (χ2v) is 6.08. The molecule has 6 heteroatoms. The number of nitrogens with one attached hydrogen (secondary N) is 1. The molecule has 0 unspecified atom stereocenters. The number of rotatable bonds is 5. The summed E-state index contributed by atoms with van der Waals surface area (Å²) in [7, 11) is 0. The van der Waals surface area contributed by atoms with Crippen LogP contribution in [-0.4, -0.2) is 16.0 Å². The maximum atomic E-state index is 12.8. The maximum absolute atomic E-state index is 12.8. The van der Waals surface area contributed by atoms with Crippen LogP contribution in [0.25, 0.3) is 0 Å². The first-order chi connectivity index (χ1) is 11.6. The SMILES string of the molecule is Cc1n[nH]c(OCc2ccccc2)c1C(=O)c1ccc(Cl)cc1Cl. The van der Waals surface area contributed by atoms with Crippen LogP contribution >= 0.6 is 23.2 Å². The maximum Gasteiger partial charge on any atom is 0.221 e. The summed E-state index contributed by atoms with van der Waals surface area (Å²) in [5, 5.41) is 7.61. The number of hydrogen-bond acceptors (Lipinski definition) is 3. The Morgan fingerprint density at radius 2 is 1.92 bits per heavy atom. The van der Waals surface area contributed by atoms with Crippen molar-refractivity contribution < 1.29 is 9.53 Å². The van der Waals surface area contributed by atoms with E-state index in [1.165, 1.54) is 6.07 Å². The lowest BCUT2D eigenvalue weighted by molar-refractivity contribution is 0.103. The predicted octanol–water partition coefficient (Wildman–Crippen LogP) is 4.83. The van der Waals surface area contributed by atoms with Gasteiger partial charge in [0.1, 0.15) is 12.2 Å². The van der Waals surface area contributed by atoms with Crippen LogP contribution in [0.1, 0.15) is 27.2 Å². The smallest absolute Gasteiger partial charge is 0.221 e. The summed E-state index contributed by atoms with van der Waals surface area (Å²) in [6, 6.07) is 14.4. The Hall–Kier alpha value is -2.30. The zero-order valence-corrected chi connectivity index (χ0v) is 14.4. The normalized spacial score (nSPS) is 10.6. The van der Waals surface area contributed by atoms with Crippen molar-refractivity contribution in [2.45, 2.75) is 13.5 Å². The van der Waals surface area contributed by atoms with E-state index in [2.05, 4.69) is 10.2 Å². The number of ether oxygens (including phenoxy) is 1. The van der Waals surface area contributed by atoms with Gasteiger partial charge in [-0.15, -0.1) is 0 Å². The quantitative estimate of drug-likeness (QED) is 0.662. The van der Waals surface area contributed by atoms with Crippen molar-refractivity contribution in [3.05, 3.63) is 81.0 Å². The Bertz CT molecular complexity index is 876. The minimum absolute atomic E-state index is 0.258. The van der Waals surface area contributed by atoms with Gasteiger partial charge in [-0.1, -0.05) is 53.5 Å². The number of ketones is 1. The molecule has 0 fully saturated rings. The second-order valence-electron chi connectivity index (χ2n) is 5.24. The molecule has 0 spiro atoms. The lowest BCUT2D eigenvalue weighted by atomic mass is 10.0. The van der Waals surface area contributed by atoms with Gasteiger partial charge < -0.3 is 4.74 Å². The topological polar surface area (TPSA) is 55.0 Å². The van der Waals surface area contributed by atoms with E-state index in [1.807, 2.05) is 30.3 Å². The number of benzene rings is 2. The second kappa shape index (κ2) is 7.07. The number of aromatic amines is 1.